The van der Waals surface area contributed by atoms with Gasteiger partial charge in [-0.2, -0.15) is 0 Å². The average molecular weight is 226 g/mol. The van der Waals surface area contributed by atoms with Gasteiger partial charge in [0.15, 0.2) is 0 Å². The molecule has 0 bridgehead atoms. The predicted octanol–water partition coefficient (Wildman–Crippen LogP) is 3.01. The lowest BCUT2D eigenvalue weighted by molar-refractivity contribution is 0.460. The maximum Gasteiger partial charge on any atom is 0.0346 e. The highest BCUT2D eigenvalue weighted by atomic mass is 14.9. The molecule has 2 aromatic rings. The fourth-order valence-electron chi connectivity index (χ4n) is 2.76. The van der Waals surface area contributed by atoms with Crippen molar-refractivity contribution in [2.24, 2.45) is 0 Å². The Labute approximate surface area is 102 Å². The number of hydrogen-bond acceptors (Lipinski definition) is 2. The fourth-order valence-corrected chi connectivity index (χ4v) is 2.76. The van der Waals surface area contributed by atoms with Crippen LogP contribution in [0.1, 0.15) is 29.9 Å². The Morgan fingerprint density at radius 2 is 2.00 bits per heavy atom. The highest BCUT2D eigenvalue weighted by Gasteiger charge is 2.15. The maximum absolute atomic E-state index is 4.29. The monoisotopic (exact) mass is 226 g/mol. The van der Waals surface area contributed by atoms with Crippen molar-refractivity contribution >= 4 is 10.8 Å². The Morgan fingerprint density at radius 1 is 1.18 bits per heavy atom. The van der Waals surface area contributed by atoms with Crippen molar-refractivity contribution in [3.05, 3.63) is 41.7 Å². The number of aromatic nitrogens is 1. The smallest absolute Gasteiger partial charge is 0.0346 e. The standard InChI is InChI=1S/C15H18N2/c1-11-9-17-10-14-8-13(2-3-15(11)14)12-4-6-16-7-5-12/h2-3,8-10,12,16H,4-7H2,1H3. The number of aryl methyl sites for hydroxylation is 1. The van der Waals surface area contributed by atoms with Crippen molar-refractivity contribution in [2.45, 2.75) is 25.7 Å². The second-order valence-corrected chi connectivity index (χ2v) is 4.96. The number of pyridine rings is 1. The molecule has 1 saturated heterocycles. The lowest BCUT2D eigenvalue weighted by Crippen LogP contribution is -2.26. The average Bonchev–Trinajstić information content (AvgIpc) is 2.40. The number of hydrogen-bond donors (Lipinski definition) is 1. The van der Waals surface area contributed by atoms with Gasteiger partial charge in [0.05, 0.1) is 0 Å². The van der Waals surface area contributed by atoms with Gasteiger partial charge in [0.2, 0.25) is 0 Å². The fraction of sp³-hybridized carbons (Fsp3) is 0.400. The van der Waals surface area contributed by atoms with Crippen LogP contribution >= 0.6 is 0 Å². The Balaban J connectivity index is 2.01. The summed E-state index contributed by atoms with van der Waals surface area (Å²) in [6, 6.07) is 6.88. The first-order valence-corrected chi connectivity index (χ1v) is 6.39. The molecule has 1 aliphatic rings. The van der Waals surface area contributed by atoms with Gasteiger partial charge in [-0.3, -0.25) is 4.98 Å². The van der Waals surface area contributed by atoms with Crippen LogP contribution in [0.3, 0.4) is 0 Å². The molecule has 0 spiro atoms. The maximum atomic E-state index is 4.29. The van der Waals surface area contributed by atoms with Crippen LogP contribution in [0, 0.1) is 6.92 Å². The lowest BCUT2D eigenvalue weighted by atomic mass is 9.89. The third-order valence-electron chi connectivity index (χ3n) is 3.79. The second kappa shape index (κ2) is 4.46. The molecule has 2 heterocycles. The first-order valence-electron chi connectivity index (χ1n) is 6.39. The molecule has 88 valence electrons. The molecular weight excluding hydrogens is 208 g/mol. The Hall–Kier alpha value is -1.41. The SMILES string of the molecule is Cc1cncc2cc(C3CCNCC3)ccc12. The zero-order chi connectivity index (χ0) is 11.7. The number of benzene rings is 1. The summed E-state index contributed by atoms with van der Waals surface area (Å²) in [5.41, 5.74) is 2.74. The third kappa shape index (κ3) is 2.05. The Kier molecular flexibility index (Phi) is 2.81. The topological polar surface area (TPSA) is 24.9 Å². The lowest BCUT2D eigenvalue weighted by Gasteiger charge is -2.23. The van der Waals surface area contributed by atoms with E-state index in [2.05, 4.69) is 35.4 Å². The molecule has 17 heavy (non-hydrogen) atoms. The summed E-state index contributed by atoms with van der Waals surface area (Å²) in [6.07, 6.45) is 6.43. The van der Waals surface area contributed by atoms with Gasteiger partial charge >= 0.3 is 0 Å². The second-order valence-electron chi connectivity index (χ2n) is 4.96. The molecule has 0 radical (unpaired) electrons. The number of fused-ring (bicyclic) bond motifs is 1. The summed E-state index contributed by atoms with van der Waals surface area (Å²) < 4.78 is 0. The van der Waals surface area contributed by atoms with Gasteiger partial charge in [0.1, 0.15) is 0 Å². The summed E-state index contributed by atoms with van der Waals surface area (Å²) in [4.78, 5) is 4.29. The van der Waals surface area contributed by atoms with Crippen LogP contribution in [0.5, 0.6) is 0 Å². The molecule has 0 aliphatic carbocycles. The van der Waals surface area contributed by atoms with Crippen LogP contribution in [0.4, 0.5) is 0 Å². The summed E-state index contributed by atoms with van der Waals surface area (Å²) in [5, 5.41) is 6.03. The highest BCUT2D eigenvalue weighted by molar-refractivity contribution is 5.85. The van der Waals surface area contributed by atoms with E-state index in [1.165, 1.54) is 34.7 Å². The van der Waals surface area contributed by atoms with Crippen LogP contribution in [0.2, 0.25) is 0 Å². The van der Waals surface area contributed by atoms with Gasteiger partial charge in [-0.05, 0) is 61.4 Å². The first kappa shape index (κ1) is 10.7. The molecule has 1 aromatic heterocycles. The van der Waals surface area contributed by atoms with E-state index >= 15 is 0 Å². The molecule has 3 rings (SSSR count). The van der Waals surface area contributed by atoms with Crippen LogP contribution < -0.4 is 5.32 Å². The summed E-state index contributed by atoms with van der Waals surface area (Å²) in [5.74, 6) is 0.723. The van der Waals surface area contributed by atoms with Crippen molar-refractivity contribution in [1.82, 2.24) is 10.3 Å². The summed E-state index contributed by atoms with van der Waals surface area (Å²) in [7, 11) is 0. The molecule has 1 aliphatic heterocycles. The van der Waals surface area contributed by atoms with Crippen LogP contribution in [0.15, 0.2) is 30.6 Å². The zero-order valence-corrected chi connectivity index (χ0v) is 10.2. The Morgan fingerprint density at radius 3 is 2.82 bits per heavy atom. The molecular formula is C15H18N2. The minimum Gasteiger partial charge on any atom is -0.317 e. The molecule has 2 heteroatoms. The molecule has 1 aromatic carbocycles. The van der Waals surface area contributed by atoms with Gasteiger partial charge in [-0.25, -0.2) is 0 Å². The van der Waals surface area contributed by atoms with E-state index < -0.39 is 0 Å². The van der Waals surface area contributed by atoms with Gasteiger partial charge in [-0.1, -0.05) is 12.1 Å². The normalized spacial score (nSPS) is 17.5. The van der Waals surface area contributed by atoms with Crippen molar-refractivity contribution in [3.8, 4) is 0 Å². The van der Waals surface area contributed by atoms with E-state index in [9.17, 15) is 0 Å². The van der Waals surface area contributed by atoms with Crippen molar-refractivity contribution in [2.75, 3.05) is 13.1 Å². The van der Waals surface area contributed by atoms with Gasteiger partial charge in [-0.15, -0.1) is 0 Å². The summed E-state index contributed by atoms with van der Waals surface area (Å²) >= 11 is 0. The van der Waals surface area contributed by atoms with Crippen LogP contribution in [0.25, 0.3) is 10.8 Å². The molecule has 2 nitrogen and oxygen atoms in total. The van der Waals surface area contributed by atoms with E-state index in [0.717, 1.165) is 19.0 Å². The molecule has 1 fully saturated rings. The minimum absolute atomic E-state index is 0.723. The number of nitrogens with zero attached hydrogens (tertiary/aromatic N) is 1. The molecule has 1 N–H and O–H groups in total. The molecule has 0 atom stereocenters. The van der Waals surface area contributed by atoms with E-state index in [4.69, 9.17) is 0 Å². The zero-order valence-electron chi connectivity index (χ0n) is 10.2. The van der Waals surface area contributed by atoms with Crippen LogP contribution in [-0.2, 0) is 0 Å². The number of piperidine rings is 1. The van der Waals surface area contributed by atoms with E-state index in [0.29, 0.717) is 0 Å². The van der Waals surface area contributed by atoms with Crippen molar-refractivity contribution < 1.29 is 0 Å². The van der Waals surface area contributed by atoms with Gasteiger partial charge in [0, 0.05) is 17.8 Å². The summed E-state index contributed by atoms with van der Waals surface area (Å²) in [6.45, 7) is 4.42. The minimum atomic E-state index is 0.723. The highest BCUT2D eigenvalue weighted by Crippen LogP contribution is 2.28. The largest absolute Gasteiger partial charge is 0.317 e. The third-order valence-corrected chi connectivity index (χ3v) is 3.79. The van der Waals surface area contributed by atoms with E-state index in [1.807, 2.05) is 12.4 Å². The van der Waals surface area contributed by atoms with Gasteiger partial charge in [0.25, 0.3) is 0 Å². The Bertz CT molecular complexity index is 527. The van der Waals surface area contributed by atoms with Crippen molar-refractivity contribution in [3.63, 3.8) is 0 Å². The van der Waals surface area contributed by atoms with E-state index in [-0.39, 0.29) is 0 Å². The quantitative estimate of drug-likeness (QED) is 0.808. The van der Waals surface area contributed by atoms with Crippen molar-refractivity contribution in [1.29, 1.82) is 0 Å². The van der Waals surface area contributed by atoms with E-state index in [1.54, 1.807) is 0 Å². The first-order chi connectivity index (χ1) is 8.34. The number of nitrogens with one attached hydrogen (secondary N) is 1. The van der Waals surface area contributed by atoms with Crippen LogP contribution in [-0.4, -0.2) is 18.1 Å². The molecule has 0 saturated carbocycles. The molecule has 0 amide bonds. The predicted molar refractivity (Wildman–Crippen MR) is 71.3 cm³/mol. The number of rotatable bonds is 1. The van der Waals surface area contributed by atoms with Gasteiger partial charge < -0.3 is 5.32 Å². The molecule has 0 unspecified atom stereocenters.